The minimum Gasteiger partial charge on any atom is -0.659 e. The maximum atomic E-state index is 5.30. The summed E-state index contributed by atoms with van der Waals surface area (Å²) in [5, 5.41) is 0. The first kappa shape index (κ1) is 28.9. The van der Waals surface area contributed by atoms with Crippen LogP contribution in [0.15, 0.2) is 24.3 Å². The number of allylic oxidation sites excluding steroid dienone is 2. The van der Waals surface area contributed by atoms with E-state index < -0.39 is 8.24 Å². The van der Waals surface area contributed by atoms with E-state index in [-0.39, 0.29) is 34.7 Å². The molecule has 0 spiro atoms. The molecule has 1 aromatic carbocycles. The van der Waals surface area contributed by atoms with Gasteiger partial charge in [0, 0.05) is 0 Å². The van der Waals surface area contributed by atoms with Gasteiger partial charge in [-0.25, -0.2) is 0 Å². The predicted octanol–water partition coefficient (Wildman–Crippen LogP) is 7.99. The van der Waals surface area contributed by atoms with Crippen molar-refractivity contribution in [2.45, 2.75) is 97.8 Å². The van der Waals surface area contributed by atoms with Gasteiger partial charge in [0.05, 0.1) is 0 Å². The molecular weight excluding hydrogens is 402 g/mol. The summed E-state index contributed by atoms with van der Waals surface area (Å²) in [6.07, 6.45) is 12.6. The molecule has 1 nitrogen and oxygen atoms in total. The molecule has 0 bridgehead atoms. The van der Waals surface area contributed by atoms with E-state index in [1.54, 1.807) is 22.3 Å². The number of rotatable bonds is 4. The van der Waals surface area contributed by atoms with E-state index >= 15 is 0 Å². The first-order chi connectivity index (χ1) is 12.6. The molecule has 2 aliphatic rings. The summed E-state index contributed by atoms with van der Waals surface area (Å²) in [6, 6.07) is 5.11. The summed E-state index contributed by atoms with van der Waals surface area (Å²) >= 11 is 0. The van der Waals surface area contributed by atoms with Gasteiger partial charge in [-0.3, -0.25) is 0 Å². The number of aryl methyl sites for hydroxylation is 2. The molecule has 29 heavy (non-hydrogen) atoms. The van der Waals surface area contributed by atoms with Crippen LogP contribution in [0.1, 0.15) is 82.2 Å². The zero-order valence-corrected chi connectivity index (χ0v) is 23.1. The number of nitrogens with zero attached hydrogens (tertiary/aromatic N) is 1. The first-order valence-corrected chi connectivity index (χ1v) is 13.9. The molecule has 0 saturated heterocycles. The molecule has 1 unspecified atom stereocenters. The second-order valence-electron chi connectivity index (χ2n) is 9.98. The SMILES string of the molecule is C/C=C/C[CH-]C.C[C@@H]1Cc2cc3c(cc2C1[Si](C)(C)[N-]C(C)(C)C)CCC3.[CH3-].[Ti+3]. The van der Waals surface area contributed by atoms with Gasteiger partial charge in [-0.1, -0.05) is 67.2 Å². The Morgan fingerprint density at radius 1 is 1.14 bits per heavy atom. The summed E-state index contributed by atoms with van der Waals surface area (Å²) < 4.78 is 0. The average Bonchev–Trinajstić information content (AvgIpc) is 3.11. The Morgan fingerprint density at radius 3 is 2.21 bits per heavy atom. The van der Waals surface area contributed by atoms with E-state index in [4.69, 9.17) is 4.98 Å². The molecule has 0 amide bonds. The van der Waals surface area contributed by atoms with Crippen molar-refractivity contribution in [1.29, 1.82) is 0 Å². The third-order valence-corrected chi connectivity index (χ3v) is 9.44. The predicted molar refractivity (Wildman–Crippen MR) is 130 cm³/mol. The van der Waals surface area contributed by atoms with Crippen LogP contribution >= 0.6 is 0 Å². The van der Waals surface area contributed by atoms with Crippen molar-refractivity contribution < 1.29 is 21.7 Å². The van der Waals surface area contributed by atoms with E-state index in [0.29, 0.717) is 5.54 Å². The normalized spacial score (nSPS) is 20.3. The number of hydrogen-bond acceptors (Lipinski definition) is 0. The first-order valence-electron chi connectivity index (χ1n) is 10.9. The molecule has 1 radical (unpaired) electrons. The zero-order chi connectivity index (χ0) is 20.2. The molecule has 161 valence electrons. The molecule has 2 atom stereocenters. The van der Waals surface area contributed by atoms with Crippen molar-refractivity contribution in [2.75, 3.05) is 0 Å². The second kappa shape index (κ2) is 12.0. The topological polar surface area (TPSA) is 14.1 Å². The van der Waals surface area contributed by atoms with Crippen LogP contribution < -0.4 is 0 Å². The van der Waals surface area contributed by atoms with Gasteiger partial charge < -0.3 is 18.8 Å². The van der Waals surface area contributed by atoms with Gasteiger partial charge in [0.1, 0.15) is 0 Å². The van der Waals surface area contributed by atoms with Gasteiger partial charge in [-0.2, -0.15) is 13.3 Å². The standard InChI is InChI=1S/C19H30NSi.C6H11.CH3.Ti/c1-13-10-16-11-14-8-7-9-15(14)12-17(16)18(13)21(5,6)20-19(2,3)4;1-3-5-6-4-2;;/h11-13,18H,7-10H2,1-6H3;3-5H,6H2,1-2H3;1H3;/q3*-1;+3/b;5-3+;;/t13-,18?;;;/m1.../s1. The van der Waals surface area contributed by atoms with Crippen LogP contribution in [0.2, 0.25) is 13.1 Å². The number of hydrogen-bond donors (Lipinski definition) is 0. The molecule has 0 saturated carbocycles. The van der Waals surface area contributed by atoms with Crippen molar-refractivity contribution in [3.63, 3.8) is 0 Å². The summed E-state index contributed by atoms with van der Waals surface area (Å²) in [4.78, 5) is 5.30. The third kappa shape index (κ3) is 7.80. The molecule has 0 aliphatic heterocycles. The number of unbranched alkanes of at least 4 members (excludes halogenated alkanes) is 1. The Morgan fingerprint density at radius 2 is 1.72 bits per heavy atom. The summed E-state index contributed by atoms with van der Waals surface area (Å²) in [5.41, 5.74) is 7.36. The maximum absolute atomic E-state index is 5.30. The number of benzene rings is 1. The van der Waals surface area contributed by atoms with Crippen LogP contribution in [-0.2, 0) is 41.0 Å². The Balaban J connectivity index is 0.000000866. The van der Waals surface area contributed by atoms with Crippen molar-refractivity contribution >= 4 is 8.24 Å². The summed E-state index contributed by atoms with van der Waals surface area (Å²) in [6.45, 7) is 18.2. The summed E-state index contributed by atoms with van der Waals surface area (Å²) in [5.74, 6) is 0.760. The van der Waals surface area contributed by atoms with E-state index in [1.807, 2.05) is 6.92 Å². The van der Waals surface area contributed by atoms with Gasteiger partial charge in [0.15, 0.2) is 0 Å². The Hall–Kier alpha value is -0.149. The van der Waals surface area contributed by atoms with Crippen LogP contribution in [0.25, 0.3) is 4.98 Å². The molecular formula is C26H44NSiTi. The molecule has 2 aliphatic carbocycles. The van der Waals surface area contributed by atoms with Crippen LogP contribution in [-0.4, -0.2) is 13.8 Å². The number of fused-ring (bicyclic) bond motifs is 2. The van der Waals surface area contributed by atoms with Crippen LogP contribution in [0, 0.1) is 19.8 Å². The van der Waals surface area contributed by atoms with Gasteiger partial charge in [0.2, 0.25) is 0 Å². The second-order valence-corrected chi connectivity index (χ2v) is 14.1. The van der Waals surface area contributed by atoms with Gasteiger partial charge >= 0.3 is 21.7 Å². The van der Waals surface area contributed by atoms with Gasteiger partial charge in [-0.15, -0.1) is 11.6 Å². The molecule has 0 heterocycles. The molecule has 0 fully saturated rings. The van der Waals surface area contributed by atoms with Crippen LogP contribution in [0.4, 0.5) is 0 Å². The van der Waals surface area contributed by atoms with Crippen molar-refractivity contribution in [1.82, 2.24) is 0 Å². The van der Waals surface area contributed by atoms with E-state index in [1.165, 1.54) is 25.7 Å². The van der Waals surface area contributed by atoms with Gasteiger partial charge in [-0.05, 0) is 66.3 Å². The fourth-order valence-corrected chi connectivity index (χ4v) is 9.62. The Bertz CT molecular complexity index is 657. The summed E-state index contributed by atoms with van der Waals surface area (Å²) in [7, 11) is -1.63. The fourth-order valence-electron chi connectivity index (χ4n) is 5.21. The van der Waals surface area contributed by atoms with E-state index in [2.05, 4.69) is 78.4 Å². The van der Waals surface area contributed by atoms with Crippen molar-refractivity contribution in [3.8, 4) is 0 Å². The Kier molecular flexibility index (Phi) is 12.0. The molecule has 3 heteroatoms. The molecule has 0 N–H and O–H groups in total. The largest absolute Gasteiger partial charge is 3.00 e. The molecule has 3 rings (SSSR count). The fraction of sp³-hybridized carbons (Fsp3) is 0.615. The van der Waals surface area contributed by atoms with E-state index in [0.717, 1.165) is 12.3 Å². The monoisotopic (exact) mass is 446 g/mol. The van der Waals surface area contributed by atoms with Crippen LogP contribution in [0.3, 0.4) is 0 Å². The minimum absolute atomic E-state index is 0. The van der Waals surface area contributed by atoms with Gasteiger partial charge in [0.25, 0.3) is 0 Å². The van der Waals surface area contributed by atoms with Crippen molar-refractivity contribution in [3.05, 3.63) is 65.4 Å². The van der Waals surface area contributed by atoms with Crippen molar-refractivity contribution in [2.24, 2.45) is 5.92 Å². The average molecular weight is 447 g/mol. The smallest absolute Gasteiger partial charge is 0.659 e. The Labute approximate surface area is 198 Å². The third-order valence-electron chi connectivity index (χ3n) is 5.79. The molecule has 1 aromatic rings. The molecule has 0 aromatic heterocycles. The van der Waals surface area contributed by atoms with Crippen LogP contribution in [0.5, 0.6) is 0 Å². The minimum atomic E-state index is -1.63. The maximum Gasteiger partial charge on any atom is 3.00 e. The van der Waals surface area contributed by atoms with E-state index in [9.17, 15) is 0 Å². The quantitative estimate of drug-likeness (QED) is 0.253. The zero-order valence-electron chi connectivity index (χ0n) is 20.5.